The Hall–Kier alpha value is -3.59. The van der Waals surface area contributed by atoms with Crippen LogP contribution in [0.3, 0.4) is 0 Å². The summed E-state index contributed by atoms with van der Waals surface area (Å²) in [6.07, 6.45) is -4.43. The molecule has 0 radical (unpaired) electrons. The highest BCUT2D eigenvalue weighted by Gasteiger charge is 2.35. The van der Waals surface area contributed by atoms with Gasteiger partial charge >= 0.3 is 6.18 Å². The molecule has 1 aliphatic carbocycles. The van der Waals surface area contributed by atoms with Gasteiger partial charge in [0.25, 0.3) is 0 Å². The summed E-state index contributed by atoms with van der Waals surface area (Å²) >= 11 is 0. The highest BCUT2D eigenvalue weighted by molar-refractivity contribution is 6.29. The Labute approximate surface area is 171 Å². The third-order valence-corrected chi connectivity index (χ3v) is 6.04. The summed E-state index contributed by atoms with van der Waals surface area (Å²) in [6.45, 7) is 0. The quantitative estimate of drug-likeness (QED) is 0.245. The van der Waals surface area contributed by atoms with E-state index in [1.165, 1.54) is 12.1 Å². The van der Waals surface area contributed by atoms with E-state index in [4.69, 9.17) is 0 Å². The van der Waals surface area contributed by atoms with E-state index in [-0.39, 0.29) is 5.56 Å². The Morgan fingerprint density at radius 3 is 1.77 bits per heavy atom. The molecule has 5 aromatic carbocycles. The molecule has 3 heteroatoms. The van der Waals surface area contributed by atoms with Crippen molar-refractivity contribution in [3.63, 3.8) is 0 Å². The minimum atomic E-state index is -4.43. The lowest BCUT2D eigenvalue weighted by Gasteiger charge is -2.19. The molecule has 5 aromatic rings. The lowest BCUT2D eigenvalue weighted by atomic mass is 9.85. The molecule has 0 aromatic heterocycles. The van der Waals surface area contributed by atoms with Crippen LogP contribution in [-0.4, -0.2) is 0 Å². The zero-order valence-corrected chi connectivity index (χ0v) is 15.8. The molecule has 144 valence electrons. The van der Waals surface area contributed by atoms with Gasteiger partial charge in [-0.3, -0.25) is 0 Å². The molecular formula is C27H15F3. The van der Waals surface area contributed by atoms with Gasteiger partial charge in [0.05, 0.1) is 5.56 Å². The number of fused-ring (bicyclic) bond motifs is 5. The minimum absolute atomic E-state index is 0.226. The highest BCUT2D eigenvalue weighted by Crippen LogP contribution is 2.55. The van der Waals surface area contributed by atoms with Crippen molar-refractivity contribution in [3.05, 3.63) is 96.6 Å². The average Bonchev–Trinajstić information content (AvgIpc) is 3.09. The van der Waals surface area contributed by atoms with Crippen molar-refractivity contribution in [2.24, 2.45) is 0 Å². The van der Waals surface area contributed by atoms with Crippen molar-refractivity contribution in [2.75, 3.05) is 0 Å². The number of hydrogen-bond donors (Lipinski definition) is 0. The molecule has 0 saturated heterocycles. The smallest absolute Gasteiger partial charge is 0.166 e. The van der Waals surface area contributed by atoms with Gasteiger partial charge in [-0.05, 0) is 61.0 Å². The maximum atomic E-state index is 14.0. The number of benzene rings is 5. The van der Waals surface area contributed by atoms with Crippen LogP contribution in [0.25, 0.3) is 54.9 Å². The molecule has 0 bridgehead atoms. The summed E-state index contributed by atoms with van der Waals surface area (Å²) in [5.74, 6) is 0. The topological polar surface area (TPSA) is 0 Å². The summed E-state index contributed by atoms with van der Waals surface area (Å²) in [4.78, 5) is 0. The van der Waals surface area contributed by atoms with Gasteiger partial charge in [-0.15, -0.1) is 0 Å². The zero-order valence-electron chi connectivity index (χ0n) is 15.8. The van der Waals surface area contributed by atoms with E-state index in [2.05, 4.69) is 12.1 Å². The van der Waals surface area contributed by atoms with Gasteiger partial charge < -0.3 is 0 Å². The molecule has 0 aliphatic heterocycles. The first-order valence-electron chi connectivity index (χ1n) is 9.79. The lowest BCUT2D eigenvalue weighted by Crippen LogP contribution is -2.07. The van der Waals surface area contributed by atoms with Crippen LogP contribution in [0, 0.1) is 0 Å². The van der Waals surface area contributed by atoms with Crippen LogP contribution in [0.4, 0.5) is 13.2 Å². The van der Waals surface area contributed by atoms with Crippen molar-refractivity contribution < 1.29 is 13.2 Å². The number of alkyl halides is 3. The van der Waals surface area contributed by atoms with Crippen molar-refractivity contribution in [3.8, 4) is 33.4 Å². The van der Waals surface area contributed by atoms with Gasteiger partial charge in [-0.1, -0.05) is 84.9 Å². The van der Waals surface area contributed by atoms with E-state index in [0.29, 0.717) is 5.56 Å². The fraction of sp³-hybridized carbons (Fsp3) is 0.0370. The predicted molar refractivity (Wildman–Crippen MR) is 116 cm³/mol. The summed E-state index contributed by atoms with van der Waals surface area (Å²) in [5, 5.41) is 3.91. The first kappa shape index (κ1) is 17.3. The van der Waals surface area contributed by atoms with Crippen molar-refractivity contribution >= 4 is 21.5 Å². The molecule has 0 N–H and O–H groups in total. The maximum absolute atomic E-state index is 14.0. The fourth-order valence-electron chi connectivity index (χ4n) is 4.90. The van der Waals surface area contributed by atoms with Gasteiger partial charge in [0.15, 0.2) is 0 Å². The second-order valence-electron chi connectivity index (χ2n) is 7.61. The summed E-state index contributed by atoms with van der Waals surface area (Å²) in [5.41, 5.74) is 4.31. The van der Waals surface area contributed by atoms with E-state index in [0.717, 1.165) is 43.8 Å². The second kappa shape index (κ2) is 5.96. The Morgan fingerprint density at radius 1 is 0.433 bits per heavy atom. The maximum Gasteiger partial charge on any atom is 0.417 e. The number of halogens is 3. The molecule has 0 spiro atoms. The van der Waals surface area contributed by atoms with Crippen molar-refractivity contribution in [1.82, 2.24) is 0 Å². The second-order valence-corrected chi connectivity index (χ2v) is 7.61. The zero-order chi connectivity index (χ0) is 20.5. The van der Waals surface area contributed by atoms with Gasteiger partial charge in [0.2, 0.25) is 0 Å². The van der Waals surface area contributed by atoms with Crippen molar-refractivity contribution in [1.29, 1.82) is 0 Å². The van der Waals surface area contributed by atoms with Gasteiger partial charge in [0.1, 0.15) is 0 Å². The number of hydrogen-bond acceptors (Lipinski definition) is 0. The molecule has 1 aliphatic rings. The summed E-state index contributed by atoms with van der Waals surface area (Å²) in [7, 11) is 0. The number of rotatable bonds is 1. The normalized spacial score (nSPS) is 12.5. The lowest BCUT2D eigenvalue weighted by molar-refractivity contribution is -0.137. The third-order valence-electron chi connectivity index (χ3n) is 6.04. The molecule has 0 saturated carbocycles. The molecule has 0 amide bonds. The first-order chi connectivity index (χ1) is 14.6. The molecule has 6 rings (SSSR count). The Morgan fingerprint density at radius 2 is 1.00 bits per heavy atom. The van der Waals surface area contributed by atoms with E-state index < -0.39 is 11.7 Å². The third kappa shape index (κ3) is 2.23. The van der Waals surface area contributed by atoms with Crippen LogP contribution in [0.1, 0.15) is 5.56 Å². The van der Waals surface area contributed by atoms with Crippen LogP contribution >= 0.6 is 0 Å². The summed E-state index contributed by atoms with van der Waals surface area (Å²) in [6, 6.07) is 27.8. The Bertz CT molecular complexity index is 1480. The standard InChI is InChI=1S/C27H15F3/c28-27(29,30)23-15-6-5-12-22(23)25-18-10-3-1-8-16(18)19-13-7-14-20-17-9-2-4-11-21(17)26(25)24(19)20/h1-15H. The minimum Gasteiger partial charge on any atom is -0.166 e. The molecule has 30 heavy (non-hydrogen) atoms. The van der Waals surface area contributed by atoms with Crippen LogP contribution in [0.5, 0.6) is 0 Å². The average molecular weight is 396 g/mol. The summed E-state index contributed by atoms with van der Waals surface area (Å²) < 4.78 is 42.0. The molecule has 0 atom stereocenters. The first-order valence-corrected chi connectivity index (χ1v) is 9.79. The molecule has 0 fully saturated rings. The van der Waals surface area contributed by atoms with E-state index in [9.17, 15) is 13.2 Å². The van der Waals surface area contributed by atoms with Gasteiger partial charge in [0, 0.05) is 0 Å². The molecular weight excluding hydrogens is 381 g/mol. The van der Waals surface area contributed by atoms with Gasteiger partial charge in [-0.2, -0.15) is 13.2 Å². The fourth-order valence-corrected chi connectivity index (χ4v) is 4.90. The molecule has 0 heterocycles. The van der Waals surface area contributed by atoms with E-state index >= 15 is 0 Å². The van der Waals surface area contributed by atoms with Crippen molar-refractivity contribution in [2.45, 2.75) is 6.18 Å². The van der Waals surface area contributed by atoms with E-state index in [1.54, 1.807) is 12.1 Å². The van der Waals surface area contributed by atoms with E-state index in [1.807, 2.05) is 54.6 Å². The Kier molecular flexibility index (Phi) is 3.43. The largest absolute Gasteiger partial charge is 0.417 e. The molecule has 0 unspecified atom stereocenters. The highest BCUT2D eigenvalue weighted by atomic mass is 19.4. The van der Waals surface area contributed by atoms with Crippen LogP contribution < -0.4 is 0 Å². The van der Waals surface area contributed by atoms with Crippen LogP contribution in [0.15, 0.2) is 91.0 Å². The predicted octanol–water partition coefficient (Wildman–Crippen LogP) is 8.33. The molecule has 0 nitrogen and oxygen atoms in total. The van der Waals surface area contributed by atoms with Crippen LogP contribution in [-0.2, 0) is 6.18 Å². The Balaban J connectivity index is 1.90. The van der Waals surface area contributed by atoms with Gasteiger partial charge in [-0.25, -0.2) is 0 Å². The monoisotopic (exact) mass is 396 g/mol. The SMILES string of the molecule is FC(F)(F)c1ccccc1-c1c2c3c(cccc3c3ccccc13)-c1ccccc1-2. The van der Waals surface area contributed by atoms with Crippen LogP contribution in [0.2, 0.25) is 0 Å².